The van der Waals surface area contributed by atoms with Crippen LogP contribution in [0.5, 0.6) is 5.75 Å². The van der Waals surface area contributed by atoms with Gasteiger partial charge in [-0.05, 0) is 31.6 Å². The summed E-state index contributed by atoms with van der Waals surface area (Å²) in [6, 6.07) is 4.87. The quantitative estimate of drug-likeness (QED) is 0.577. The SMILES string of the molecule is CCCC1(CNc2cc(OCC)cc([N+](=O)[O-])c2)CC1. The van der Waals surface area contributed by atoms with Crippen molar-refractivity contribution < 1.29 is 9.66 Å². The smallest absolute Gasteiger partial charge is 0.275 e. The lowest BCUT2D eigenvalue weighted by Crippen LogP contribution is -2.15. The maximum Gasteiger partial charge on any atom is 0.275 e. The van der Waals surface area contributed by atoms with Gasteiger partial charge in [0.05, 0.1) is 17.6 Å². The molecule has 110 valence electrons. The van der Waals surface area contributed by atoms with Gasteiger partial charge in [0.1, 0.15) is 5.75 Å². The Morgan fingerprint density at radius 1 is 1.35 bits per heavy atom. The average molecular weight is 278 g/mol. The van der Waals surface area contributed by atoms with Crippen molar-refractivity contribution in [3.05, 3.63) is 28.3 Å². The van der Waals surface area contributed by atoms with E-state index in [9.17, 15) is 10.1 Å². The van der Waals surface area contributed by atoms with Gasteiger partial charge in [0.2, 0.25) is 0 Å². The third-order valence-electron chi connectivity index (χ3n) is 3.82. The lowest BCUT2D eigenvalue weighted by Gasteiger charge is -2.16. The van der Waals surface area contributed by atoms with Crippen molar-refractivity contribution in [1.29, 1.82) is 0 Å². The number of nitrogens with zero attached hydrogens (tertiary/aromatic N) is 1. The van der Waals surface area contributed by atoms with Crippen molar-refractivity contribution >= 4 is 11.4 Å². The number of nitrogens with one attached hydrogen (secondary N) is 1. The molecule has 2 rings (SSSR count). The third-order valence-corrected chi connectivity index (χ3v) is 3.82. The van der Waals surface area contributed by atoms with E-state index in [0.29, 0.717) is 17.8 Å². The molecule has 0 radical (unpaired) electrons. The van der Waals surface area contributed by atoms with E-state index in [2.05, 4.69) is 12.2 Å². The fourth-order valence-electron chi connectivity index (χ4n) is 2.55. The van der Waals surface area contributed by atoms with Crippen molar-refractivity contribution in [3.63, 3.8) is 0 Å². The Morgan fingerprint density at radius 3 is 2.65 bits per heavy atom. The summed E-state index contributed by atoms with van der Waals surface area (Å²) >= 11 is 0. The van der Waals surface area contributed by atoms with E-state index < -0.39 is 0 Å². The first-order valence-electron chi connectivity index (χ1n) is 7.25. The Bertz CT molecular complexity index is 484. The summed E-state index contributed by atoms with van der Waals surface area (Å²) in [5, 5.41) is 14.3. The second kappa shape index (κ2) is 6.11. The Kier molecular flexibility index (Phi) is 4.47. The number of hydrogen-bond acceptors (Lipinski definition) is 4. The van der Waals surface area contributed by atoms with Gasteiger partial charge >= 0.3 is 0 Å². The second-order valence-corrected chi connectivity index (χ2v) is 5.51. The highest BCUT2D eigenvalue weighted by atomic mass is 16.6. The first-order valence-corrected chi connectivity index (χ1v) is 7.25. The van der Waals surface area contributed by atoms with Gasteiger partial charge in [-0.1, -0.05) is 13.3 Å². The zero-order valence-electron chi connectivity index (χ0n) is 12.1. The van der Waals surface area contributed by atoms with E-state index in [1.54, 1.807) is 6.07 Å². The molecule has 0 spiro atoms. The molecule has 5 heteroatoms. The Balaban J connectivity index is 2.08. The van der Waals surface area contributed by atoms with E-state index in [0.717, 1.165) is 12.2 Å². The summed E-state index contributed by atoms with van der Waals surface area (Å²) in [6.45, 7) is 5.45. The fraction of sp³-hybridized carbons (Fsp3) is 0.600. The summed E-state index contributed by atoms with van der Waals surface area (Å²) in [5.74, 6) is 0.546. The third kappa shape index (κ3) is 3.62. The number of ether oxygens (including phenoxy) is 1. The fourth-order valence-corrected chi connectivity index (χ4v) is 2.55. The Morgan fingerprint density at radius 2 is 2.10 bits per heavy atom. The number of benzene rings is 1. The zero-order chi connectivity index (χ0) is 14.6. The molecule has 1 aromatic rings. The molecule has 0 bridgehead atoms. The summed E-state index contributed by atoms with van der Waals surface area (Å²) in [7, 11) is 0. The molecule has 5 nitrogen and oxygen atoms in total. The van der Waals surface area contributed by atoms with Crippen LogP contribution in [0, 0.1) is 15.5 Å². The van der Waals surface area contributed by atoms with Crippen molar-refractivity contribution in [2.75, 3.05) is 18.5 Å². The topological polar surface area (TPSA) is 64.4 Å². The molecule has 1 fully saturated rings. The average Bonchev–Trinajstić information content (AvgIpc) is 3.17. The molecule has 20 heavy (non-hydrogen) atoms. The highest BCUT2D eigenvalue weighted by Crippen LogP contribution is 2.49. The molecule has 0 atom stereocenters. The molecule has 0 heterocycles. The minimum atomic E-state index is -0.382. The molecule has 0 aliphatic heterocycles. The van der Waals surface area contributed by atoms with Gasteiger partial charge in [-0.3, -0.25) is 10.1 Å². The summed E-state index contributed by atoms with van der Waals surface area (Å²) in [5.41, 5.74) is 1.24. The standard InChI is InChI=1S/C15H22N2O3/c1-3-5-15(6-7-15)11-16-12-8-13(17(18)19)10-14(9-12)20-4-2/h8-10,16H,3-7,11H2,1-2H3. The predicted octanol–water partition coefficient (Wildman–Crippen LogP) is 3.99. The molecule has 1 saturated carbocycles. The first-order chi connectivity index (χ1) is 9.58. The van der Waals surface area contributed by atoms with E-state index >= 15 is 0 Å². The van der Waals surface area contributed by atoms with Crippen LogP contribution in [0.25, 0.3) is 0 Å². The molecular weight excluding hydrogens is 256 g/mol. The second-order valence-electron chi connectivity index (χ2n) is 5.51. The Labute approximate surface area is 119 Å². The normalized spacial score (nSPS) is 15.7. The molecule has 1 aliphatic rings. The van der Waals surface area contributed by atoms with Crippen LogP contribution in [0.2, 0.25) is 0 Å². The van der Waals surface area contributed by atoms with E-state index in [-0.39, 0.29) is 10.6 Å². The van der Waals surface area contributed by atoms with Crippen molar-refractivity contribution in [1.82, 2.24) is 0 Å². The molecule has 0 saturated heterocycles. The summed E-state index contributed by atoms with van der Waals surface area (Å²) in [4.78, 5) is 10.6. The van der Waals surface area contributed by atoms with Crippen molar-refractivity contribution in [3.8, 4) is 5.75 Å². The summed E-state index contributed by atoms with van der Waals surface area (Å²) in [6.07, 6.45) is 4.90. The number of non-ortho nitro benzene ring substituents is 1. The van der Waals surface area contributed by atoms with Crippen LogP contribution >= 0.6 is 0 Å². The van der Waals surface area contributed by atoms with Gasteiger partial charge in [0.15, 0.2) is 0 Å². The number of nitro groups is 1. The molecule has 1 N–H and O–H groups in total. The lowest BCUT2D eigenvalue weighted by molar-refractivity contribution is -0.384. The van der Waals surface area contributed by atoms with Crippen LogP contribution in [0.4, 0.5) is 11.4 Å². The van der Waals surface area contributed by atoms with E-state index in [1.165, 1.54) is 31.7 Å². The minimum absolute atomic E-state index is 0.0683. The Hall–Kier alpha value is -1.78. The van der Waals surface area contributed by atoms with Crippen LogP contribution < -0.4 is 10.1 Å². The van der Waals surface area contributed by atoms with Gasteiger partial charge in [0, 0.05) is 24.4 Å². The number of anilines is 1. The molecule has 0 aromatic heterocycles. The van der Waals surface area contributed by atoms with Crippen molar-refractivity contribution in [2.24, 2.45) is 5.41 Å². The largest absolute Gasteiger partial charge is 0.494 e. The number of hydrogen-bond donors (Lipinski definition) is 1. The number of nitro benzene ring substituents is 1. The maximum absolute atomic E-state index is 10.9. The maximum atomic E-state index is 10.9. The highest BCUT2D eigenvalue weighted by Gasteiger charge is 2.41. The predicted molar refractivity (Wildman–Crippen MR) is 79.3 cm³/mol. The van der Waals surface area contributed by atoms with Gasteiger partial charge in [-0.15, -0.1) is 0 Å². The lowest BCUT2D eigenvalue weighted by atomic mass is 10.0. The minimum Gasteiger partial charge on any atom is -0.494 e. The van der Waals surface area contributed by atoms with Crippen molar-refractivity contribution in [2.45, 2.75) is 39.5 Å². The van der Waals surface area contributed by atoms with Gasteiger partial charge in [0.25, 0.3) is 5.69 Å². The highest BCUT2D eigenvalue weighted by molar-refractivity contribution is 5.56. The van der Waals surface area contributed by atoms with Gasteiger partial charge in [-0.25, -0.2) is 0 Å². The zero-order valence-corrected chi connectivity index (χ0v) is 12.1. The molecule has 1 aromatic carbocycles. The van der Waals surface area contributed by atoms with Crippen LogP contribution in [-0.4, -0.2) is 18.1 Å². The molecule has 0 unspecified atom stereocenters. The van der Waals surface area contributed by atoms with Crippen LogP contribution in [0.1, 0.15) is 39.5 Å². The number of rotatable bonds is 8. The van der Waals surface area contributed by atoms with E-state index in [1.807, 2.05) is 13.0 Å². The molecule has 0 amide bonds. The molecule has 1 aliphatic carbocycles. The van der Waals surface area contributed by atoms with Crippen LogP contribution in [-0.2, 0) is 0 Å². The van der Waals surface area contributed by atoms with Crippen LogP contribution in [0.15, 0.2) is 18.2 Å². The monoisotopic (exact) mass is 278 g/mol. The van der Waals surface area contributed by atoms with Gasteiger partial charge < -0.3 is 10.1 Å². The molecular formula is C15H22N2O3. The summed E-state index contributed by atoms with van der Waals surface area (Å²) < 4.78 is 5.39. The van der Waals surface area contributed by atoms with Gasteiger partial charge in [-0.2, -0.15) is 0 Å². The van der Waals surface area contributed by atoms with E-state index in [4.69, 9.17) is 4.74 Å². The first kappa shape index (κ1) is 14.6. The van der Waals surface area contributed by atoms with Crippen LogP contribution in [0.3, 0.4) is 0 Å².